The van der Waals surface area contributed by atoms with Gasteiger partial charge in [0.25, 0.3) is 0 Å². The van der Waals surface area contributed by atoms with Crippen LogP contribution in [0, 0.1) is 0 Å². The van der Waals surface area contributed by atoms with Crippen molar-refractivity contribution in [2.24, 2.45) is 0 Å². The molecule has 0 aromatic rings. The van der Waals surface area contributed by atoms with Crippen LogP contribution in [0.2, 0.25) is 0 Å². The fourth-order valence-corrected chi connectivity index (χ4v) is 3.07. The SMILES string of the molecule is C1CC([N+]2=C3CCOCC3OCC2)CCN1. The van der Waals surface area contributed by atoms with Gasteiger partial charge in [-0.25, -0.2) is 4.58 Å². The Labute approximate surface area is 96.6 Å². The minimum Gasteiger partial charge on any atom is -0.378 e. The summed E-state index contributed by atoms with van der Waals surface area (Å²) in [5, 5.41) is 3.43. The van der Waals surface area contributed by atoms with Crippen molar-refractivity contribution >= 4 is 5.71 Å². The maximum atomic E-state index is 5.78. The minimum absolute atomic E-state index is 0.248. The van der Waals surface area contributed by atoms with Gasteiger partial charge in [0.05, 0.1) is 19.6 Å². The quantitative estimate of drug-likeness (QED) is 0.638. The highest BCUT2D eigenvalue weighted by Gasteiger charge is 2.37. The molecule has 1 unspecified atom stereocenters. The van der Waals surface area contributed by atoms with Gasteiger partial charge in [-0.15, -0.1) is 0 Å². The van der Waals surface area contributed by atoms with Crippen LogP contribution < -0.4 is 5.32 Å². The van der Waals surface area contributed by atoms with Crippen LogP contribution in [0.1, 0.15) is 19.3 Å². The van der Waals surface area contributed by atoms with Crippen LogP contribution in [0.4, 0.5) is 0 Å². The van der Waals surface area contributed by atoms with Crippen molar-refractivity contribution in [2.45, 2.75) is 31.4 Å². The third kappa shape index (κ3) is 2.01. The predicted molar refractivity (Wildman–Crippen MR) is 61.2 cm³/mol. The number of piperidine rings is 1. The van der Waals surface area contributed by atoms with E-state index in [2.05, 4.69) is 9.89 Å². The molecule has 3 aliphatic rings. The van der Waals surface area contributed by atoms with Crippen LogP contribution in [0.3, 0.4) is 0 Å². The number of nitrogens with zero attached hydrogens (tertiary/aromatic N) is 1. The van der Waals surface area contributed by atoms with Crippen molar-refractivity contribution in [3.05, 3.63) is 0 Å². The molecule has 0 amide bonds. The van der Waals surface area contributed by atoms with Crippen molar-refractivity contribution in [1.82, 2.24) is 5.32 Å². The van der Waals surface area contributed by atoms with E-state index in [4.69, 9.17) is 9.47 Å². The molecule has 0 saturated carbocycles. The molecule has 1 N–H and O–H groups in total. The lowest BCUT2D eigenvalue weighted by Gasteiger charge is -2.31. The molecule has 0 aliphatic carbocycles. The molecule has 3 heterocycles. The van der Waals surface area contributed by atoms with Gasteiger partial charge in [0, 0.05) is 25.9 Å². The Morgan fingerprint density at radius 1 is 1.19 bits per heavy atom. The van der Waals surface area contributed by atoms with E-state index >= 15 is 0 Å². The van der Waals surface area contributed by atoms with E-state index in [-0.39, 0.29) is 6.10 Å². The van der Waals surface area contributed by atoms with Crippen LogP contribution in [0.15, 0.2) is 0 Å². The zero-order chi connectivity index (χ0) is 10.8. The Morgan fingerprint density at radius 3 is 2.94 bits per heavy atom. The molecular formula is C12H21N2O2+. The summed E-state index contributed by atoms with van der Waals surface area (Å²) in [6.07, 6.45) is 3.86. The minimum atomic E-state index is 0.248. The Kier molecular flexibility index (Phi) is 3.22. The van der Waals surface area contributed by atoms with Gasteiger partial charge in [0.1, 0.15) is 6.61 Å². The summed E-state index contributed by atoms with van der Waals surface area (Å²) in [6, 6.07) is 0.737. The number of hydrogen-bond donors (Lipinski definition) is 1. The summed E-state index contributed by atoms with van der Waals surface area (Å²) in [5.74, 6) is 0. The van der Waals surface area contributed by atoms with Gasteiger partial charge in [-0.1, -0.05) is 0 Å². The topological polar surface area (TPSA) is 33.5 Å². The first-order valence-electron chi connectivity index (χ1n) is 6.47. The van der Waals surface area contributed by atoms with E-state index in [0.717, 1.165) is 51.9 Å². The lowest BCUT2D eigenvalue weighted by Crippen LogP contribution is -2.51. The van der Waals surface area contributed by atoms with E-state index in [1.807, 2.05) is 0 Å². The van der Waals surface area contributed by atoms with Crippen molar-refractivity contribution < 1.29 is 14.0 Å². The number of ether oxygens (including phenoxy) is 2. The van der Waals surface area contributed by atoms with Crippen molar-refractivity contribution in [3.8, 4) is 0 Å². The number of rotatable bonds is 1. The first kappa shape index (κ1) is 10.7. The van der Waals surface area contributed by atoms with E-state index in [0.29, 0.717) is 0 Å². The van der Waals surface area contributed by atoms with Crippen LogP contribution in [-0.2, 0) is 9.47 Å². The van der Waals surface area contributed by atoms with Gasteiger partial charge in [0.2, 0.25) is 0 Å². The first-order valence-corrected chi connectivity index (χ1v) is 6.47. The zero-order valence-corrected chi connectivity index (χ0v) is 9.78. The smallest absolute Gasteiger partial charge is 0.186 e. The molecule has 0 spiro atoms. The highest BCUT2D eigenvalue weighted by atomic mass is 16.5. The second kappa shape index (κ2) is 4.82. The van der Waals surface area contributed by atoms with Crippen molar-refractivity contribution in [3.63, 3.8) is 0 Å². The molecule has 0 aromatic heterocycles. The molecule has 1 atom stereocenters. The summed E-state index contributed by atoms with van der Waals surface area (Å²) in [4.78, 5) is 0. The van der Waals surface area contributed by atoms with E-state index in [1.54, 1.807) is 0 Å². The molecule has 0 radical (unpaired) electrons. The number of nitrogens with one attached hydrogen (secondary N) is 1. The lowest BCUT2D eigenvalue weighted by atomic mass is 10.0. The van der Waals surface area contributed by atoms with Gasteiger partial charge in [-0.3, -0.25) is 0 Å². The summed E-state index contributed by atoms with van der Waals surface area (Å²) >= 11 is 0. The Bertz CT molecular complexity index is 285. The average molecular weight is 225 g/mol. The summed E-state index contributed by atoms with van der Waals surface area (Å²) in [6.45, 7) is 5.90. The molecule has 16 heavy (non-hydrogen) atoms. The lowest BCUT2D eigenvalue weighted by molar-refractivity contribution is -0.583. The Balaban J connectivity index is 1.81. The number of hydrogen-bond acceptors (Lipinski definition) is 3. The van der Waals surface area contributed by atoms with E-state index in [1.165, 1.54) is 18.6 Å². The highest BCUT2D eigenvalue weighted by Crippen LogP contribution is 2.17. The van der Waals surface area contributed by atoms with E-state index in [9.17, 15) is 0 Å². The third-order valence-corrected chi connectivity index (χ3v) is 3.91. The maximum Gasteiger partial charge on any atom is 0.186 e. The molecule has 3 rings (SSSR count). The molecule has 3 aliphatic heterocycles. The third-order valence-electron chi connectivity index (χ3n) is 3.91. The van der Waals surface area contributed by atoms with E-state index < -0.39 is 0 Å². The number of fused-ring (bicyclic) bond motifs is 1. The first-order chi connectivity index (χ1) is 7.95. The normalized spacial score (nSPS) is 32.6. The van der Waals surface area contributed by atoms with Gasteiger partial charge in [0.15, 0.2) is 24.4 Å². The highest BCUT2D eigenvalue weighted by molar-refractivity contribution is 5.85. The van der Waals surface area contributed by atoms with Crippen LogP contribution in [0.5, 0.6) is 0 Å². The van der Waals surface area contributed by atoms with Gasteiger partial charge >= 0.3 is 0 Å². The zero-order valence-electron chi connectivity index (χ0n) is 9.78. The molecule has 0 aromatic carbocycles. The second-order valence-corrected chi connectivity index (χ2v) is 4.85. The van der Waals surface area contributed by atoms with Gasteiger partial charge in [-0.2, -0.15) is 0 Å². The molecule has 90 valence electrons. The molecule has 0 bridgehead atoms. The van der Waals surface area contributed by atoms with Crippen LogP contribution in [0.25, 0.3) is 0 Å². The molecular weight excluding hydrogens is 204 g/mol. The van der Waals surface area contributed by atoms with Crippen molar-refractivity contribution in [2.75, 3.05) is 39.5 Å². The average Bonchev–Trinajstić information content (AvgIpc) is 2.39. The standard InChI is InChI=1S/C12H21N2O2/c1-4-13-5-2-10(1)14-6-8-16-12-9-15-7-3-11(12)14/h10,12-13H,1-9H2/q+1. The summed E-state index contributed by atoms with van der Waals surface area (Å²) in [7, 11) is 0. The second-order valence-electron chi connectivity index (χ2n) is 4.85. The Morgan fingerprint density at radius 2 is 2.06 bits per heavy atom. The summed E-state index contributed by atoms with van der Waals surface area (Å²) < 4.78 is 13.9. The largest absolute Gasteiger partial charge is 0.378 e. The predicted octanol–water partition coefficient (Wildman–Crippen LogP) is 0.0110. The molecule has 4 heteroatoms. The molecule has 4 nitrogen and oxygen atoms in total. The van der Waals surface area contributed by atoms with Crippen LogP contribution in [-0.4, -0.2) is 61.9 Å². The molecule has 2 saturated heterocycles. The Hall–Kier alpha value is -0.450. The van der Waals surface area contributed by atoms with Gasteiger partial charge in [-0.05, 0) is 0 Å². The monoisotopic (exact) mass is 225 g/mol. The van der Waals surface area contributed by atoms with Crippen molar-refractivity contribution in [1.29, 1.82) is 0 Å². The summed E-state index contributed by atoms with van der Waals surface area (Å²) in [5.41, 5.74) is 1.50. The van der Waals surface area contributed by atoms with Crippen LogP contribution >= 0.6 is 0 Å². The molecule has 2 fully saturated rings. The maximum absolute atomic E-state index is 5.78. The fraction of sp³-hybridized carbons (Fsp3) is 0.917. The van der Waals surface area contributed by atoms with Gasteiger partial charge < -0.3 is 14.8 Å². The fourth-order valence-electron chi connectivity index (χ4n) is 3.07.